The molecular formula is C39H42O6. The van der Waals surface area contributed by atoms with Crippen LogP contribution in [0.5, 0.6) is 5.75 Å². The maximum atomic E-state index is 12.2. The Morgan fingerprint density at radius 3 is 2.00 bits per heavy atom. The molecule has 0 heterocycles. The summed E-state index contributed by atoms with van der Waals surface area (Å²) < 4.78 is 16.7. The van der Waals surface area contributed by atoms with Gasteiger partial charge >= 0.3 is 11.9 Å². The van der Waals surface area contributed by atoms with E-state index in [0.29, 0.717) is 22.5 Å². The normalized spacial score (nSPS) is 10.8. The van der Waals surface area contributed by atoms with E-state index in [9.17, 15) is 14.7 Å². The molecule has 4 rings (SSSR count). The van der Waals surface area contributed by atoms with Crippen LogP contribution in [0.1, 0.15) is 56.7 Å². The Balaban J connectivity index is 1.62. The van der Waals surface area contributed by atoms with Crippen molar-refractivity contribution < 1.29 is 28.9 Å². The molecule has 4 aromatic rings. The Hall–Kier alpha value is -4.68. The molecule has 234 valence electrons. The second-order valence-corrected chi connectivity index (χ2v) is 11.3. The molecule has 6 nitrogen and oxygen atoms in total. The summed E-state index contributed by atoms with van der Waals surface area (Å²) in [6, 6.07) is 24.8. The van der Waals surface area contributed by atoms with Crippen molar-refractivity contribution in [2.45, 2.75) is 59.7 Å². The van der Waals surface area contributed by atoms with E-state index in [2.05, 4.69) is 74.7 Å². The second kappa shape index (κ2) is 15.9. The largest absolute Gasteiger partial charge is 0.491 e. The molecular weight excluding hydrogens is 564 g/mol. The minimum Gasteiger partial charge on any atom is -0.491 e. The van der Waals surface area contributed by atoms with Gasteiger partial charge in [0.2, 0.25) is 0 Å². The summed E-state index contributed by atoms with van der Waals surface area (Å²) in [7, 11) is 0. The van der Waals surface area contributed by atoms with Gasteiger partial charge in [-0.1, -0.05) is 87.5 Å². The number of unbranched alkanes of at least 4 members (excludes halogenated alkanes) is 2. The fourth-order valence-corrected chi connectivity index (χ4v) is 5.06. The van der Waals surface area contributed by atoms with Gasteiger partial charge < -0.3 is 19.3 Å². The standard InChI is InChI=1S/C39H42O6/c1-6-7-8-9-28-10-17-36(34(20-28)24-44-38(41)26(2)3)30-13-11-29(12-14-30)31-15-16-32-23-37(43-19-18-40)35(22-33(32)21-31)25-45-39(42)27(4)5/h10-17,20-23,40H,2,4,6-9,18-19,24-25H2,1,3,5H3. The number of rotatable bonds is 15. The lowest BCUT2D eigenvalue weighted by molar-refractivity contribution is -0.141. The van der Waals surface area contributed by atoms with Crippen LogP contribution in [0.15, 0.2) is 97.1 Å². The third-order valence-electron chi connectivity index (χ3n) is 7.55. The van der Waals surface area contributed by atoms with Crippen LogP contribution in [0.2, 0.25) is 0 Å². The first-order valence-corrected chi connectivity index (χ1v) is 15.4. The van der Waals surface area contributed by atoms with E-state index in [-0.39, 0.29) is 26.4 Å². The molecule has 0 radical (unpaired) electrons. The lowest BCUT2D eigenvalue weighted by Gasteiger charge is -2.15. The van der Waals surface area contributed by atoms with Crippen molar-refractivity contribution in [1.82, 2.24) is 0 Å². The zero-order valence-electron chi connectivity index (χ0n) is 26.5. The van der Waals surface area contributed by atoms with Crippen molar-refractivity contribution in [1.29, 1.82) is 0 Å². The molecule has 0 saturated heterocycles. The van der Waals surface area contributed by atoms with Crippen LogP contribution in [0.3, 0.4) is 0 Å². The van der Waals surface area contributed by atoms with Crippen molar-refractivity contribution in [2.24, 2.45) is 0 Å². The van der Waals surface area contributed by atoms with Crippen molar-refractivity contribution in [3.8, 4) is 28.0 Å². The molecule has 0 aliphatic rings. The van der Waals surface area contributed by atoms with Crippen LogP contribution in [-0.4, -0.2) is 30.3 Å². The zero-order valence-corrected chi connectivity index (χ0v) is 26.5. The van der Waals surface area contributed by atoms with Crippen molar-refractivity contribution in [2.75, 3.05) is 13.2 Å². The Morgan fingerprint density at radius 1 is 0.711 bits per heavy atom. The first-order chi connectivity index (χ1) is 21.7. The number of carbonyl (C=O) groups excluding carboxylic acids is 2. The minimum absolute atomic E-state index is 0.0305. The fourth-order valence-electron chi connectivity index (χ4n) is 5.06. The fraction of sp³-hybridized carbons (Fsp3) is 0.282. The molecule has 0 unspecified atom stereocenters. The SMILES string of the molecule is C=C(C)C(=O)OCc1cc2cc(-c3ccc(-c4ccc(CCCCC)cc4COC(=O)C(=C)C)cc3)ccc2cc1OCCO. The lowest BCUT2D eigenvalue weighted by Crippen LogP contribution is -2.08. The van der Waals surface area contributed by atoms with Crippen molar-refractivity contribution >= 4 is 22.7 Å². The highest BCUT2D eigenvalue weighted by Crippen LogP contribution is 2.33. The van der Waals surface area contributed by atoms with Crippen molar-refractivity contribution in [3.05, 3.63) is 114 Å². The highest BCUT2D eigenvalue weighted by atomic mass is 16.5. The summed E-state index contributed by atoms with van der Waals surface area (Å²) in [5.41, 5.74) is 7.75. The molecule has 6 heteroatoms. The number of ether oxygens (including phenoxy) is 3. The van der Waals surface area contributed by atoms with Gasteiger partial charge in [0.1, 0.15) is 25.6 Å². The monoisotopic (exact) mass is 606 g/mol. The van der Waals surface area contributed by atoms with Gasteiger partial charge in [-0.15, -0.1) is 0 Å². The zero-order chi connectivity index (χ0) is 32.3. The summed E-state index contributed by atoms with van der Waals surface area (Å²) in [5, 5.41) is 11.2. The molecule has 0 amide bonds. The van der Waals surface area contributed by atoms with Gasteiger partial charge in [-0.2, -0.15) is 0 Å². The highest BCUT2D eigenvalue weighted by Gasteiger charge is 2.13. The number of hydrogen-bond acceptors (Lipinski definition) is 6. The molecule has 0 bridgehead atoms. The molecule has 1 N–H and O–H groups in total. The molecule has 0 aliphatic carbocycles. The van der Waals surface area contributed by atoms with Gasteiger partial charge in [0.25, 0.3) is 0 Å². The Labute approximate surface area is 266 Å². The summed E-state index contributed by atoms with van der Waals surface area (Å²) >= 11 is 0. The van der Waals surface area contributed by atoms with Gasteiger partial charge in [0.15, 0.2) is 0 Å². The van der Waals surface area contributed by atoms with Gasteiger partial charge in [0.05, 0.1) is 6.61 Å². The summed E-state index contributed by atoms with van der Waals surface area (Å²) in [6.07, 6.45) is 4.46. The smallest absolute Gasteiger partial charge is 0.333 e. The molecule has 0 aromatic heterocycles. The number of benzene rings is 4. The molecule has 0 saturated carbocycles. The third-order valence-corrected chi connectivity index (χ3v) is 7.55. The number of fused-ring (bicyclic) bond motifs is 1. The topological polar surface area (TPSA) is 82.1 Å². The van der Waals surface area contributed by atoms with Crippen molar-refractivity contribution in [3.63, 3.8) is 0 Å². The van der Waals surface area contributed by atoms with Crippen LogP contribution in [0.25, 0.3) is 33.0 Å². The van der Waals surface area contributed by atoms with Crippen LogP contribution < -0.4 is 4.74 Å². The minimum atomic E-state index is -0.472. The number of aliphatic hydroxyl groups excluding tert-OH is 1. The highest BCUT2D eigenvalue weighted by molar-refractivity contribution is 5.90. The molecule has 4 aromatic carbocycles. The van der Waals surface area contributed by atoms with E-state index < -0.39 is 11.9 Å². The summed E-state index contributed by atoms with van der Waals surface area (Å²) in [6.45, 7) is 13.0. The van der Waals surface area contributed by atoms with E-state index >= 15 is 0 Å². The average molecular weight is 607 g/mol. The van der Waals surface area contributed by atoms with Crippen LogP contribution in [-0.2, 0) is 38.7 Å². The van der Waals surface area contributed by atoms with E-state index in [1.54, 1.807) is 13.8 Å². The predicted octanol–water partition coefficient (Wildman–Crippen LogP) is 8.52. The van der Waals surface area contributed by atoms with E-state index in [1.807, 2.05) is 18.2 Å². The van der Waals surface area contributed by atoms with Crippen LogP contribution >= 0.6 is 0 Å². The number of hydrogen-bond donors (Lipinski definition) is 1. The Morgan fingerprint density at radius 2 is 1.36 bits per heavy atom. The van der Waals surface area contributed by atoms with Gasteiger partial charge in [0, 0.05) is 16.7 Å². The molecule has 0 fully saturated rings. The predicted molar refractivity (Wildman–Crippen MR) is 180 cm³/mol. The summed E-state index contributed by atoms with van der Waals surface area (Å²) in [4.78, 5) is 24.2. The number of aliphatic hydroxyl groups is 1. The van der Waals surface area contributed by atoms with Crippen LogP contribution in [0, 0.1) is 0 Å². The molecule has 0 aliphatic heterocycles. The maximum Gasteiger partial charge on any atom is 0.333 e. The number of esters is 2. The Kier molecular flexibility index (Phi) is 11.7. The first-order valence-electron chi connectivity index (χ1n) is 15.4. The summed E-state index contributed by atoms with van der Waals surface area (Å²) in [5.74, 6) is -0.308. The quantitative estimate of drug-likeness (QED) is 0.0830. The average Bonchev–Trinajstić information content (AvgIpc) is 3.04. The maximum absolute atomic E-state index is 12.2. The van der Waals surface area contributed by atoms with Gasteiger partial charge in [-0.3, -0.25) is 0 Å². The molecule has 0 atom stereocenters. The van der Waals surface area contributed by atoms with E-state index in [4.69, 9.17) is 14.2 Å². The molecule has 45 heavy (non-hydrogen) atoms. The lowest BCUT2D eigenvalue weighted by atomic mass is 9.94. The number of carbonyl (C=O) groups is 2. The number of aryl methyl sites for hydroxylation is 1. The van der Waals surface area contributed by atoms with Gasteiger partial charge in [-0.05, 0) is 89.0 Å². The second-order valence-electron chi connectivity index (χ2n) is 11.3. The van der Waals surface area contributed by atoms with Crippen LogP contribution in [0.4, 0.5) is 0 Å². The Bertz CT molecular complexity index is 1680. The third kappa shape index (κ3) is 8.93. The molecule has 0 spiro atoms. The first kappa shape index (κ1) is 33.2. The van der Waals surface area contributed by atoms with Gasteiger partial charge in [-0.25, -0.2) is 9.59 Å². The van der Waals surface area contributed by atoms with E-state index in [0.717, 1.165) is 57.9 Å². The van der Waals surface area contributed by atoms with E-state index in [1.165, 1.54) is 12.0 Å².